The van der Waals surface area contributed by atoms with Gasteiger partial charge >= 0.3 is 0 Å². The Hall–Kier alpha value is -1.67. The minimum absolute atomic E-state index is 0.0916. The molecule has 0 heterocycles. The first-order chi connectivity index (χ1) is 8.56. The highest BCUT2D eigenvalue weighted by Crippen LogP contribution is 2.19. The molecule has 1 atom stereocenters. The van der Waals surface area contributed by atoms with E-state index >= 15 is 0 Å². The van der Waals surface area contributed by atoms with E-state index in [9.17, 15) is 4.39 Å². The number of nitrogens with two attached hydrogens (primary N) is 1. The van der Waals surface area contributed by atoms with Crippen LogP contribution in [0.4, 0.5) is 4.39 Å². The fourth-order valence-corrected chi connectivity index (χ4v) is 2.08. The molecule has 0 aliphatic carbocycles. The Morgan fingerprint density at radius 1 is 1.06 bits per heavy atom. The van der Waals surface area contributed by atoms with Gasteiger partial charge in [-0.25, -0.2) is 4.39 Å². The zero-order chi connectivity index (χ0) is 13.1. The van der Waals surface area contributed by atoms with Crippen molar-refractivity contribution in [2.24, 2.45) is 5.73 Å². The maximum atomic E-state index is 12.9. The van der Waals surface area contributed by atoms with Crippen molar-refractivity contribution in [3.63, 3.8) is 0 Å². The van der Waals surface area contributed by atoms with Crippen LogP contribution in [-0.4, -0.2) is 0 Å². The van der Waals surface area contributed by atoms with Crippen LogP contribution >= 0.6 is 0 Å². The first kappa shape index (κ1) is 12.8. The van der Waals surface area contributed by atoms with Crippen molar-refractivity contribution in [3.05, 3.63) is 70.5 Å². The molecule has 0 saturated heterocycles. The molecular formula is C16H18FN. The predicted molar refractivity (Wildman–Crippen MR) is 72.9 cm³/mol. The molecule has 2 heteroatoms. The summed E-state index contributed by atoms with van der Waals surface area (Å²) >= 11 is 0. The second-order valence-electron chi connectivity index (χ2n) is 4.79. The highest BCUT2D eigenvalue weighted by atomic mass is 19.1. The summed E-state index contributed by atoms with van der Waals surface area (Å²) in [5, 5.41) is 0. The van der Waals surface area contributed by atoms with Gasteiger partial charge in [-0.3, -0.25) is 0 Å². The fourth-order valence-electron chi connectivity index (χ4n) is 2.08. The van der Waals surface area contributed by atoms with Crippen LogP contribution in [0.15, 0.2) is 42.5 Å². The SMILES string of the molecule is Cc1ccc(C)c(CC(N)c2ccc(F)cc2)c1. The van der Waals surface area contributed by atoms with Crippen molar-refractivity contribution >= 4 is 0 Å². The molecule has 1 unspecified atom stereocenters. The average Bonchev–Trinajstić information content (AvgIpc) is 2.34. The summed E-state index contributed by atoms with van der Waals surface area (Å²) in [4.78, 5) is 0. The van der Waals surface area contributed by atoms with Gasteiger partial charge in [0, 0.05) is 6.04 Å². The van der Waals surface area contributed by atoms with E-state index in [1.54, 1.807) is 12.1 Å². The van der Waals surface area contributed by atoms with Crippen molar-refractivity contribution in [3.8, 4) is 0 Å². The second-order valence-corrected chi connectivity index (χ2v) is 4.79. The van der Waals surface area contributed by atoms with Gasteiger partial charge in [0.2, 0.25) is 0 Å². The zero-order valence-corrected chi connectivity index (χ0v) is 10.8. The average molecular weight is 243 g/mol. The van der Waals surface area contributed by atoms with Gasteiger partial charge in [-0.05, 0) is 49.1 Å². The number of hydrogen-bond donors (Lipinski definition) is 1. The van der Waals surface area contributed by atoms with Crippen molar-refractivity contribution < 1.29 is 4.39 Å². The Labute approximate surface area is 107 Å². The topological polar surface area (TPSA) is 26.0 Å². The van der Waals surface area contributed by atoms with E-state index < -0.39 is 0 Å². The molecule has 0 aliphatic rings. The normalized spacial score (nSPS) is 12.4. The summed E-state index contributed by atoms with van der Waals surface area (Å²) < 4.78 is 12.9. The van der Waals surface area contributed by atoms with Gasteiger partial charge in [0.05, 0.1) is 0 Å². The lowest BCUT2D eigenvalue weighted by atomic mass is 9.95. The van der Waals surface area contributed by atoms with E-state index in [0.29, 0.717) is 0 Å². The zero-order valence-electron chi connectivity index (χ0n) is 10.8. The van der Waals surface area contributed by atoms with Crippen LogP contribution in [0.25, 0.3) is 0 Å². The maximum Gasteiger partial charge on any atom is 0.123 e. The summed E-state index contributed by atoms with van der Waals surface area (Å²) in [6, 6.07) is 12.7. The van der Waals surface area contributed by atoms with Crippen molar-refractivity contribution in [2.45, 2.75) is 26.3 Å². The molecule has 0 saturated carbocycles. The van der Waals surface area contributed by atoms with Crippen LogP contribution < -0.4 is 5.73 Å². The highest BCUT2D eigenvalue weighted by molar-refractivity contribution is 5.32. The molecule has 0 aromatic heterocycles. The summed E-state index contributed by atoms with van der Waals surface area (Å²) in [6.45, 7) is 4.17. The van der Waals surface area contributed by atoms with Crippen LogP contribution in [0.2, 0.25) is 0 Å². The van der Waals surface area contributed by atoms with E-state index in [-0.39, 0.29) is 11.9 Å². The van der Waals surface area contributed by atoms with Gasteiger partial charge in [-0.2, -0.15) is 0 Å². The lowest BCUT2D eigenvalue weighted by molar-refractivity contribution is 0.624. The van der Waals surface area contributed by atoms with Gasteiger partial charge in [-0.15, -0.1) is 0 Å². The molecule has 0 spiro atoms. The van der Waals surface area contributed by atoms with Gasteiger partial charge in [0.1, 0.15) is 5.82 Å². The molecule has 1 nitrogen and oxygen atoms in total. The monoisotopic (exact) mass is 243 g/mol. The molecule has 18 heavy (non-hydrogen) atoms. The summed E-state index contributed by atoms with van der Waals surface area (Å²) in [5.41, 5.74) is 10.9. The minimum atomic E-state index is -0.224. The summed E-state index contributed by atoms with van der Waals surface area (Å²) in [6.07, 6.45) is 0.777. The maximum absolute atomic E-state index is 12.9. The molecule has 2 aromatic rings. The molecule has 0 fully saturated rings. The Balaban J connectivity index is 2.18. The van der Waals surface area contributed by atoms with Crippen molar-refractivity contribution in [1.29, 1.82) is 0 Å². The Bertz CT molecular complexity index is 531. The summed E-state index contributed by atoms with van der Waals surface area (Å²) in [5.74, 6) is -0.224. The summed E-state index contributed by atoms with van der Waals surface area (Å²) in [7, 11) is 0. The minimum Gasteiger partial charge on any atom is -0.324 e. The second kappa shape index (κ2) is 5.32. The van der Waals surface area contributed by atoms with Crippen molar-refractivity contribution in [2.75, 3.05) is 0 Å². The molecule has 2 aromatic carbocycles. The van der Waals surface area contributed by atoms with Crippen LogP contribution in [0, 0.1) is 19.7 Å². The van der Waals surface area contributed by atoms with Gasteiger partial charge in [-0.1, -0.05) is 35.9 Å². The smallest absolute Gasteiger partial charge is 0.123 e. The quantitative estimate of drug-likeness (QED) is 0.874. The Morgan fingerprint density at radius 2 is 1.72 bits per heavy atom. The molecule has 2 N–H and O–H groups in total. The first-order valence-electron chi connectivity index (χ1n) is 6.13. The predicted octanol–water partition coefficient (Wildman–Crippen LogP) is 3.69. The van der Waals surface area contributed by atoms with Crippen LogP contribution in [0.3, 0.4) is 0 Å². The van der Waals surface area contributed by atoms with E-state index in [2.05, 4.69) is 32.0 Å². The van der Waals surface area contributed by atoms with Crippen LogP contribution in [-0.2, 0) is 6.42 Å². The molecular weight excluding hydrogens is 225 g/mol. The number of hydrogen-bond acceptors (Lipinski definition) is 1. The van der Waals surface area contributed by atoms with E-state index in [4.69, 9.17) is 5.73 Å². The van der Waals surface area contributed by atoms with Crippen LogP contribution in [0.5, 0.6) is 0 Å². The highest BCUT2D eigenvalue weighted by Gasteiger charge is 2.09. The molecule has 0 aliphatic heterocycles. The van der Waals surface area contributed by atoms with Crippen LogP contribution in [0.1, 0.15) is 28.3 Å². The largest absolute Gasteiger partial charge is 0.324 e. The van der Waals surface area contributed by atoms with Gasteiger partial charge < -0.3 is 5.73 Å². The molecule has 0 amide bonds. The third-order valence-corrected chi connectivity index (χ3v) is 3.24. The lowest BCUT2D eigenvalue weighted by Crippen LogP contribution is -2.14. The number of benzene rings is 2. The molecule has 0 radical (unpaired) electrons. The van der Waals surface area contributed by atoms with Crippen molar-refractivity contribution in [1.82, 2.24) is 0 Å². The Morgan fingerprint density at radius 3 is 2.39 bits per heavy atom. The molecule has 94 valence electrons. The first-order valence-corrected chi connectivity index (χ1v) is 6.13. The number of rotatable bonds is 3. The van der Waals surface area contributed by atoms with E-state index in [1.807, 2.05) is 0 Å². The molecule has 0 bridgehead atoms. The van der Waals surface area contributed by atoms with E-state index in [0.717, 1.165) is 12.0 Å². The Kier molecular flexibility index (Phi) is 3.78. The third kappa shape index (κ3) is 2.96. The third-order valence-electron chi connectivity index (χ3n) is 3.24. The molecule has 2 rings (SSSR count). The van der Waals surface area contributed by atoms with Gasteiger partial charge in [0.25, 0.3) is 0 Å². The van der Waals surface area contributed by atoms with E-state index in [1.165, 1.54) is 28.8 Å². The fraction of sp³-hybridized carbons (Fsp3) is 0.250. The number of halogens is 1. The standard InChI is InChI=1S/C16H18FN/c1-11-3-4-12(2)14(9-11)10-16(18)13-5-7-15(17)8-6-13/h3-9,16H,10,18H2,1-2H3. The number of aryl methyl sites for hydroxylation is 2. The van der Waals surface area contributed by atoms with Gasteiger partial charge in [0.15, 0.2) is 0 Å². The lowest BCUT2D eigenvalue weighted by Gasteiger charge is -2.14.